The molecule has 0 fully saturated rings. The van der Waals surface area contributed by atoms with Crippen LogP contribution in [0.5, 0.6) is 0 Å². The van der Waals surface area contributed by atoms with Crippen molar-refractivity contribution in [3.05, 3.63) is 144 Å². The minimum Gasteiger partial charge on any atom is -0.330 e. The summed E-state index contributed by atoms with van der Waals surface area (Å²) in [6.07, 6.45) is 1.99. The van der Waals surface area contributed by atoms with Crippen molar-refractivity contribution < 1.29 is 4.79 Å². The van der Waals surface area contributed by atoms with Crippen molar-refractivity contribution in [2.75, 3.05) is 0 Å². The van der Waals surface area contributed by atoms with Gasteiger partial charge in [-0.2, -0.15) is 0 Å². The van der Waals surface area contributed by atoms with Gasteiger partial charge >= 0.3 is 0 Å². The number of nitrogens with zero attached hydrogens (tertiary/aromatic N) is 1. The molecule has 4 aromatic carbocycles. The second kappa shape index (κ2) is 10.2. The van der Waals surface area contributed by atoms with E-state index in [0.717, 1.165) is 22.3 Å². The molecule has 0 saturated carbocycles. The fourth-order valence-electron chi connectivity index (χ4n) is 3.58. The van der Waals surface area contributed by atoms with Crippen LogP contribution in [0.4, 0.5) is 0 Å². The van der Waals surface area contributed by atoms with Gasteiger partial charge in [-0.1, -0.05) is 121 Å². The first-order valence-corrected chi connectivity index (χ1v) is 10.5. The number of hydrogen-bond donors (Lipinski definition) is 0. The lowest BCUT2D eigenvalue weighted by Crippen LogP contribution is -2.30. The number of benzene rings is 4. The molecule has 0 atom stereocenters. The molecule has 0 aromatic heterocycles. The van der Waals surface area contributed by atoms with Crippen LogP contribution < -0.4 is 0 Å². The highest BCUT2D eigenvalue weighted by Gasteiger charge is 2.20. The van der Waals surface area contributed by atoms with E-state index in [1.807, 2.05) is 108 Å². The summed E-state index contributed by atoms with van der Waals surface area (Å²) in [4.78, 5) is 15.8. The Hall–Kier alpha value is -3.91. The molecule has 1 amide bonds. The predicted octanol–water partition coefficient (Wildman–Crippen LogP) is 6.46. The summed E-state index contributed by atoms with van der Waals surface area (Å²) in [6.45, 7) is 1.10. The monoisotopic (exact) mass is 403 g/mol. The first-order chi connectivity index (χ1) is 15.3. The maximum Gasteiger partial charge on any atom is 0.255 e. The van der Waals surface area contributed by atoms with Crippen LogP contribution >= 0.6 is 0 Å². The molecule has 0 unspecified atom stereocenters. The van der Waals surface area contributed by atoms with Crippen LogP contribution in [0.25, 0.3) is 11.6 Å². The number of amides is 1. The summed E-state index contributed by atoms with van der Waals surface area (Å²) < 4.78 is 0. The summed E-state index contributed by atoms with van der Waals surface area (Å²) in [7, 11) is 0. The van der Waals surface area contributed by atoms with Crippen molar-refractivity contribution in [3.63, 3.8) is 0 Å². The summed E-state index contributed by atoms with van der Waals surface area (Å²) in [6, 6.07) is 40.2. The standard InChI is InChI=1S/C29H25NO/c31-29(28(27-19-11-4-12-20-27)21-24-13-5-1-6-14-24)30(22-25-15-7-2-8-16-25)23-26-17-9-3-10-18-26/h1-21H,22-23H2/b28-21+. The lowest BCUT2D eigenvalue weighted by atomic mass is 10.0. The minimum atomic E-state index is 0.0164. The Morgan fingerprint density at radius 2 is 1.00 bits per heavy atom. The molecule has 31 heavy (non-hydrogen) atoms. The van der Waals surface area contributed by atoms with Gasteiger partial charge in [-0.05, 0) is 28.3 Å². The smallest absolute Gasteiger partial charge is 0.255 e. The normalized spacial score (nSPS) is 11.2. The molecule has 0 saturated heterocycles. The van der Waals surface area contributed by atoms with E-state index in [1.54, 1.807) is 0 Å². The van der Waals surface area contributed by atoms with E-state index < -0.39 is 0 Å². The Kier molecular flexibility index (Phi) is 6.71. The topological polar surface area (TPSA) is 20.3 Å². The van der Waals surface area contributed by atoms with E-state index >= 15 is 0 Å². The van der Waals surface area contributed by atoms with Gasteiger partial charge in [0.2, 0.25) is 0 Å². The van der Waals surface area contributed by atoms with Gasteiger partial charge in [0.05, 0.1) is 0 Å². The fraction of sp³-hybridized carbons (Fsp3) is 0.0690. The van der Waals surface area contributed by atoms with Gasteiger partial charge in [-0.25, -0.2) is 0 Å². The van der Waals surface area contributed by atoms with E-state index in [4.69, 9.17) is 0 Å². The molecule has 4 rings (SSSR count). The molecule has 0 bridgehead atoms. The van der Waals surface area contributed by atoms with Crippen LogP contribution in [0.15, 0.2) is 121 Å². The largest absolute Gasteiger partial charge is 0.330 e. The van der Waals surface area contributed by atoms with Crippen LogP contribution in [0.2, 0.25) is 0 Å². The molecule has 0 heterocycles. The van der Waals surface area contributed by atoms with Crippen LogP contribution in [0.1, 0.15) is 22.3 Å². The summed E-state index contributed by atoms with van der Waals surface area (Å²) in [5, 5.41) is 0. The van der Waals surface area contributed by atoms with Crippen molar-refractivity contribution >= 4 is 17.6 Å². The van der Waals surface area contributed by atoms with Gasteiger partial charge in [0.25, 0.3) is 5.91 Å². The Balaban J connectivity index is 1.73. The molecule has 0 aliphatic heterocycles. The van der Waals surface area contributed by atoms with Crippen molar-refractivity contribution in [2.24, 2.45) is 0 Å². The highest BCUT2D eigenvalue weighted by molar-refractivity contribution is 6.24. The zero-order chi connectivity index (χ0) is 21.3. The molecule has 0 radical (unpaired) electrons. The Morgan fingerprint density at radius 1 is 0.581 bits per heavy atom. The summed E-state index contributed by atoms with van der Waals surface area (Å²) >= 11 is 0. The number of hydrogen-bond acceptors (Lipinski definition) is 1. The van der Waals surface area contributed by atoms with Gasteiger partial charge in [-0.3, -0.25) is 4.79 Å². The highest BCUT2D eigenvalue weighted by atomic mass is 16.2. The van der Waals surface area contributed by atoms with Gasteiger partial charge in [0, 0.05) is 18.7 Å². The average molecular weight is 404 g/mol. The molecule has 0 spiro atoms. The third-order valence-electron chi connectivity index (χ3n) is 5.15. The summed E-state index contributed by atoms with van der Waals surface area (Å²) in [5.74, 6) is 0.0164. The molecule has 2 heteroatoms. The molecule has 0 aliphatic carbocycles. The summed E-state index contributed by atoms with van der Waals surface area (Å²) in [5.41, 5.74) is 4.84. The maximum absolute atomic E-state index is 13.9. The van der Waals surface area contributed by atoms with E-state index in [0.29, 0.717) is 18.7 Å². The maximum atomic E-state index is 13.9. The third kappa shape index (κ3) is 5.58. The quantitative estimate of drug-likeness (QED) is 0.256. The van der Waals surface area contributed by atoms with E-state index in [9.17, 15) is 4.79 Å². The van der Waals surface area contributed by atoms with E-state index in [1.165, 1.54) is 0 Å². The van der Waals surface area contributed by atoms with Crippen molar-refractivity contribution in [1.29, 1.82) is 0 Å². The van der Waals surface area contributed by atoms with Crippen LogP contribution in [-0.2, 0) is 17.9 Å². The molecular formula is C29H25NO. The zero-order valence-electron chi connectivity index (χ0n) is 17.4. The van der Waals surface area contributed by atoms with Crippen molar-refractivity contribution in [1.82, 2.24) is 4.90 Å². The average Bonchev–Trinajstić information content (AvgIpc) is 2.84. The predicted molar refractivity (Wildman–Crippen MR) is 128 cm³/mol. The number of rotatable bonds is 7. The number of carbonyl (C=O) groups is 1. The second-order valence-corrected chi connectivity index (χ2v) is 7.47. The van der Waals surface area contributed by atoms with E-state index in [2.05, 4.69) is 24.3 Å². The first-order valence-electron chi connectivity index (χ1n) is 10.5. The second-order valence-electron chi connectivity index (χ2n) is 7.47. The first kappa shape index (κ1) is 20.4. The van der Waals surface area contributed by atoms with Gasteiger partial charge in [0.1, 0.15) is 0 Å². The lowest BCUT2D eigenvalue weighted by Gasteiger charge is -2.25. The van der Waals surface area contributed by atoms with E-state index in [-0.39, 0.29) is 5.91 Å². The van der Waals surface area contributed by atoms with Gasteiger partial charge in [0.15, 0.2) is 0 Å². The Labute approximate surface area is 184 Å². The third-order valence-corrected chi connectivity index (χ3v) is 5.15. The fourth-order valence-corrected chi connectivity index (χ4v) is 3.58. The molecular weight excluding hydrogens is 378 g/mol. The lowest BCUT2D eigenvalue weighted by molar-refractivity contribution is -0.126. The van der Waals surface area contributed by atoms with Gasteiger partial charge < -0.3 is 4.90 Å². The number of carbonyl (C=O) groups excluding carboxylic acids is 1. The molecule has 0 aliphatic rings. The van der Waals surface area contributed by atoms with Crippen LogP contribution in [-0.4, -0.2) is 10.8 Å². The Bertz CT molecular complexity index is 1080. The van der Waals surface area contributed by atoms with Crippen LogP contribution in [0.3, 0.4) is 0 Å². The Morgan fingerprint density at radius 3 is 1.48 bits per heavy atom. The molecule has 0 N–H and O–H groups in total. The SMILES string of the molecule is O=C(/C(=C/c1ccccc1)c1ccccc1)N(Cc1ccccc1)Cc1ccccc1. The van der Waals surface area contributed by atoms with Crippen molar-refractivity contribution in [2.45, 2.75) is 13.1 Å². The minimum absolute atomic E-state index is 0.0164. The highest BCUT2D eigenvalue weighted by Crippen LogP contribution is 2.23. The molecule has 4 aromatic rings. The zero-order valence-corrected chi connectivity index (χ0v) is 17.4. The van der Waals surface area contributed by atoms with Crippen molar-refractivity contribution in [3.8, 4) is 0 Å². The molecule has 152 valence electrons. The molecule has 2 nitrogen and oxygen atoms in total. The van der Waals surface area contributed by atoms with Gasteiger partial charge in [-0.15, -0.1) is 0 Å². The van der Waals surface area contributed by atoms with Crippen LogP contribution in [0, 0.1) is 0 Å².